The number of aromatic nitrogens is 1. The number of hydrogen-bond acceptors (Lipinski definition) is 4. The number of ether oxygens (including phenoxy) is 1. The van der Waals surface area contributed by atoms with Crippen molar-refractivity contribution in [3.63, 3.8) is 0 Å². The Labute approximate surface area is 106 Å². The standard InChI is InChI=1S/C11H7ClFNO4/c1-17-7-3-2-5(12)9(10(7)13)6-4-8(11(15)16)18-14-6/h2-4H,1H3,(H,15,16). The number of nitrogens with zero attached hydrogens (tertiary/aromatic N) is 1. The second-order valence-electron chi connectivity index (χ2n) is 3.32. The molecule has 1 aromatic heterocycles. The predicted octanol–water partition coefficient (Wildman–Crippen LogP) is 2.84. The number of aromatic carboxylic acids is 1. The SMILES string of the molecule is COc1ccc(Cl)c(-c2cc(C(=O)O)on2)c1F. The van der Waals surface area contributed by atoms with Crippen molar-refractivity contribution in [1.82, 2.24) is 5.16 Å². The van der Waals surface area contributed by atoms with Gasteiger partial charge in [0.05, 0.1) is 17.7 Å². The van der Waals surface area contributed by atoms with Gasteiger partial charge in [-0.15, -0.1) is 0 Å². The van der Waals surface area contributed by atoms with Crippen molar-refractivity contribution < 1.29 is 23.6 Å². The van der Waals surface area contributed by atoms with Crippen LogP contribution in [0.3, 0.4) is 0 Å². The normalized spacial score (nSPS) is 10.4. The molecular formula is C11H7ClFNO4. The molecule has 1 heterocycles. The largest absolute Gasteiger partial charge is 0.494 e. The smallest absolute Gasteiger partial charge is 0.374 e. The maximum atomic E-state index is 14.0. The van der Waals surface area contributed by atoms with Crippen LogP contribution in [0.1, 0.15) is 10.6 Å². The van der Waals surface area contributed by atoms with E-state index in [2.05, 4.69) is 9.68 Å². The zero-order valence-electron chi connectivity index (χ0n) is 9.11. The van der Waals surface area contributed by atoms with Crippen LogP contribution >= 0.6 is 11.6 Å². The molecule has 0 unspecified atom stereocenters. The van der Waals surface area contributed by atoms with Gasteiger partial charge in [-0.2, -0.15) is 0 Å². The van der Waals surface area contributed by atoms with E-state index in [-0.39, 0.29) is 22.0 Å². The Balaban J connectivity index is 2.58. The molecule has 0 aliphatic rings. The molecular weight excluding hydrogens is 265 g/mol. The lowest BCUT2D eigenvalue weighted by Crippen LogP contribution is -1.93. The Kier molecular flexibility index (Phi) is 3.20. The Hall–Kier alpha value is -2.08. The summed E-state index contributed by atoms with van der Waals surface area (Å²) in [6.07, 6.45) is 0. The highest BCUT2D eigenvalue weighted by atomic mass is 35.5. The summed E-state index contributed by atoms with van der Waals surface area (Å²) in [7, 11) is 1.31. The highest BCUT2D eigenvalue weighted by Gasteiger charge is 2.20. The molecule has 0 amide bonds. The molecule has 7 heteroatoms. The van der Waals surface area contributed by atoms with E-state index in [1.807, 2.05) is 0 Å². The monoisotopic (exact) mass is 271 g/mol. The zero-order chi connectivity index (χ0) is 13.3. The Morgan fingerprint density at radius 2 is 2.28 bits per heavy atom. The second-order valence-corrected chi connectivity index (χ2v) is 3.73. The van der Waals surface area contributed by atoms with Gasteiger partial charge in [-0.25, -0.2) is 9.18 Å². The third-order valence-electron chi connectivity index (χ3n) is 2.25. The molecule has 1 aromatic carbocycles. The van der Waals surface area contributed by atoms with Gasteiger partial charge in [0.2, 0.25) is 5.76 Å². The summed E-state index contributed by atoms with van der Waals surface area (Å²) in [6, 6.07) is 3.87. The second kappa shape index (κ2) is 4.66. The maximum absolute atomic E-state index is 14.0. The molecule has 0 fully saturated rings. The minimum Gasteiger partial charge on any atom is -0.494 e. The van der Waals surface area contributed by atoms with Crippen molar-refractivity contribution in [2.24, 2.45) is 0 Å². The molecule has 0 bridgehead atoms. The minimum atomic E-state index is -1.30. The summed E-state index contributed by atoms with van der Waals surface area (Å²) >= 11 is 5.86. The number of carboxylic acid groups (broad SMARTS) is 1. The number of rotatable bonds is 3. The average molecular weight is 272 g/mol. The number of carbonyl (C=O) groups is 1. The van der Waals surface area contributed by atoms with Crippen molar-refractivity contribution >= 4 is 17.6 Å². The molecule has 0 atom stereocenters. The van der Waals surface area contributed by atoms with Gasteiger partial charge in [0.1, 0.15) is 5.69 Å². The Bertz CT molecular complexity index is 611. The van der Waals surface area contributed by atoms with Gasteiger partial charge in [0.15, 0.2) is 11.6 Å². The van der Waals surface area contributed by atoms with Crippen LogP contribution in [-0.4, -0.2) is 23.3 Å². The third kappa shape index (κ3) is 2.02. The lowest BCUT2D eigenvalue weighted by Gasteiger charge is -2.06. The molecule has 2 rings (SSSR count). The van der Waals surface area contributed by atoms with Crippen LogP contribution in [0.2, 0.25) is 5.02 Å². The summed E-state index contributed by atoms with van der Waals surface area (Å²) in [4.78, 5) is 10.7. The number of carboxylic acids is 1. The van der Waals surface area contributed by atoms with Crippen LogP contribution in [0.15, 0.2) is 22.7 Å². The van der Waals surface area contributed by atoms with Crippen LogP contribution < -0.4 is 4.74 Å². The molecule has 0 aliphatic heterocycles. The Morgan fingerprint density at radius 3 is 2.83 bits per heavy atom. The van der Waals surface area contributed by atoms with E-state index in [0.717, 1.165) is 6.07 Å². The molecule has 5 nitrogen and oxygen atoms in total. The highest BCUT2D eigenvalue weighted by Crippen LogP contribution is 2.35. The average Bonchev–Trinajstić information content (AvgIpc) is 2.79. The van der Waals surface area contributed by atoms with Crippen LogP contribution in [0, 0.1) is 5.82 Å². The zero-order valence-corrected chi connectivity index (χ0v) is 9.86. The van der Waals surface area contributed by atoms with Crippen LogP contribution in [0.4, 0.5) is 4.39 Å². The highest BCUT2D eigenvalue weighted by molar-refractivity contribution is 6.33. The molecule has 0 aliphatic carbocycles. The summed E-state index contributed by atoms with van der Waals surface area (Å²) in [5.74, 6) is -2.44. The molecule has 0 radical (unpaired) electrons. The van der Waals surface area contributed by atoms with Crippen molar-refractivity contribution in [2.45, 2.75) is 0 Å². The summed E-state index contributed by atoms with van der Waals surface area (Å²) in [6.45, 7) is 0. The van der Waals surface area contributed by atoms with E-state index in [0.29, 0.717) is 0 Å². The van der Waals surface area contributed by atoms with Gasteiger partial charge < -0.3 is 14.4 Å². The van der Waals surface area contributed by atoms with Crippen LogP contribution in [0.5, 0.6) is 5.75 Å². The predicted molar refractivity (Wildman–Crippen MR) is 60.4 cm³/mol. The molecule has 0 saturated carbocycles. The van der Waals surface area contributed by atoms with Gasteiger partial charge >= 0.3 is 5.97 Å². The molecule has 0 spiro atoms. The maximum Gasteiger partial charge on any atom is 0.374 e. The molecule has 18 heavy (non-hydrogen) atoms. The van der Waals surface area contributed by atoms with E-state index in [9.17, 15) is 9.18 Å². The van der Waals surface area contributed by atoms with Gasteiger partial charge in [-0.3, -0.25) is 0 Å². The molecule has 2 aromatic rings. The number of halogens is 2. The first-order valence-corrected chi connectivity index (χ1v) is 5.14. The molecule has 1 N–H and O–H groups in total. The van der Waals surface area contributed by atoms with E-state index >= 15 is 0 Å². The van der Waals surface area contributed by atoms with Crippen molar-refractivity contribution in [3.05, 3.63) is 34.8 Å². The summed E-state index contributed by atoms with van der Waals surface area (Å²) in [5, 5.41) is 12.3. The van der Waals surface area contributed by atoms with E-state index in [1.54, 1.807) is 0 Å². The number of benzene rings is 1. The summed E-state index contributed by atoms with van der Waals surface area (Å²) < 4.78 is 23.3. The van der Waals surface area contributed by atoms with Gasteiger partial charge in [-0.05, 0) is 12.1 Å². The lowest BCUT2D eigenvalue weighted by atomic mass is 10.1. The number of hydrogen-bond donors (Lipinski definition) is 1. The van der Waals surface area contributed by atoms with E-state index in [1.165, 1.54) is 19.2 Å². The molecule has 94 valence electrons. The van der Waals surface area contributed by atoms with Crippen molar-refractivity contribution in [1.29, 1.82) is 0 Å². The fourth-order valence-corrected chi connectivity index (χ4v) is 1.66. The Morgan fingerprint density at radius 1 is 1.56 bits per heavy atom. The van der Waals surface area contributed by atoms with Crippen molar-refractivity contribution in [3.8, 4) is 17.0 Å². The van der Waals surface area contributed by atoms with E-state index < -0.39 is 17.5 Å². The third-order valence-corrected chi connectivity index (χ3v) is 2.57. The first-order valence-electron chi connectivity index (χ1n) is 4.77. The van der Waals surface area contributed by atoms with Gasteiger partial charge in [-0.1, -0.05) is 16.8 Å². The quantitative estimate of drug-likeness (QED) is 0.929. The fraction of sp³-hybridized carbons (Fsp3) is 0.0909. The van der Waals surface area contributed by atoms with Crippen LogP contribution in [-0.2, 0) is 0 Å². The topological polar surface area (TPSA) is 72.6 Å². The van der Waals surface area contributed by atoms with Gasteiger partial charge in [0, 0.05) is 6.07 Å². The summed E-state index contributed by atoms with van der Waals surface area (Å²) in [5.41, 5.74) is -0.0685. The van der Waals surface area contributed by atoms with E-state index in [4.69, 9.17) is 21.4 Å². The minimum absolute atomic E-state index is 0.00574. The molecule has 0 saturated heterocycles. The number of methoxy groups -OCH3 is 1. The lowest BCUT2D eigenvalue weighted by molar-refractivity contribution is 0.0652. The van der Waals surface area contributed by atoms with Crippen molar-refractivity contribution in [2.75, 3.05) is 7.11 Å². The van der Waals surface area contributed by atoms with Gasteiger partial charge in [0.25, 0.3) is 0 Å². The first kappa shape index (κ1) is 12.4. The van der Waals surface area contributed by atoms with Crippen LogP contribution in [0.25, 0.3) is 11.3 Å². The fourth-order valence-electron chi connectivity index (χ4n) is 1.42. The first-order chi connectivity index (χ1) is 8.54.